The lowest BCUT2D eigenvalue weighted by molar-refractivity contribution is -0.116. The van der Waals surface area contributed by atoms with Gasteiger partial charge in [-0.1, -0.05) is 18.2 Å². The van der Waals surface area contributed by atoms with Crippen LogP contribution in [0.1, 0.15) is 4.88 Å². The van der Waals surface area contributed by atoms with Gasteiger partial charge in [0.15, 0.2) is 0 Å². The summed E-state index contributed by atoms with van der Waals surface area (Å²) in [5.74, 6) is -0.234. The smallest absolute Gasteiger partial charge is 0.220 e. The SMILES string of the molecule is [CH2]C(=O)NCc1cc2ccccc2s1. The molecule has 1 amide bonds. The molecule has 2 aromatic rings. The van der Waals surface area contributed by atoms with E-state index >= 15 is 0 Å². The minimum atomic E-state index is -0.234. The van der Waals surface area contributed by atoms with Gasteiger partial charge in [0, 0.05) is 16.5 Å². The molecule has 0 aliphatic rings. The highest BCUT2D eigenvalue weighted by atomic mass is 32.1. The van der Waals surface area contributed by atoms with Gasteiger partial charge >= 0.3 is 0 Å². The standard InChI is InChI=1S/C11H10NOS/c1-8(13)12-7-10-6-9-4-2-3-5-11(9)14-10/h2-6H,1,7H2,(H,12,13). The van der Waals surface area contributed by atoms with Crippen LogP contribution >= 0.6 is 11.3 Å². The van der Waals surface area contributed by atoms with Gasteiger partial charge in [-0.15, -0.1) is 11.3 Å². The van der Waals surface area contributed by atoms with Crippen molar-refractivity contribution in [3.63, 3.8) is 0 Å². The highest BCUT2D eigenvalue weighted by Crippen LogP contribution is 2.24. The Balaban J connectivity index is 2.22. The maximum atomic E-state index is 10.6. The molecule has 1 radical (unpaired) electrons. The van der Waals surface area contributed by atoms with Crippen LogP contribution < -0.4 is 5.32 Å². The van der Waals surface area contributed by atoms with Crippen molar-refractivity contribution >= 4 is 27.3 Å². The lowest BCUT2D eigenvalue weighted by atomic mass is 10.2. The predicted molar refractivity (Wildman–Crippen MR) is 59.0 cm³/mol. The monoisotopic (exact) mass is 204 g/mol. The number of hydrogen-bond acceptors (Lipinski definition) is 2. The number of carbonyl (C=O) groups excluding carboxylic acids is 1. The molecule has 0 aliphatic carbocycles. The van der Waals surface area contributed by atoms with E-state index in [-0.39, 0.29) is 5.91 Å². The fourth-order valence-corrected chi connectivity index (χ4v) is 2.31. The number of hydrogen-bond donors (Lipinski definition) is 1. The quantitative estimate of drug-likeness (QED) is 0.799. The highest BCUT2D eigenvalue weighted by molar-refractivity contribution is 7.19. The minimum Gasteiger partial charge on any atom is -0.351 e. The van der Waals surface area contributed by atoms with Gasteiger partial charge in [0.1, 0.15) is 0 Å². The van der Waals surface area contributed by atoms with Gasteiger partial charge in [0.2, 0.25) is 5.91 Å². The predicted octanol–water partition coefficient (Wildman–Crippen LogP) is 2.35. The van der Waals surface area contributed by atoms with Crippen LogP contribution in [0.2, 0.25) is 0 Å². The number of carbonyl (C=O) groups is 1. The molecule has 1 heterocycles. The van der Waals surface area contributed by atoms with Crippen LogP contribution in [0.3, 0.4) is 0 Å². The Morgan fingerprint density at radius 3 is 2.93 bits per heavy atom. The third-order valence-corrected chi connectivity index (χ3v) is 3.05. The molecule has 0 unspecified atom stereocenters. The molecular weight excluding hydrogens is 194 g/mol. The lowest BCUT2D eigenvalue weighted by Gasteiger charge is -1.96. The van der Waals surface area contributed by atoms with E-state index in [0.717, 1.165) is 4.88 Å². The number of rotatable bonds is 2. The largest absolute Gasteiger partial charge is 0.351 e. The van der Waals surface area contributed by atoms with Crippen molar-refractivity contribution in [2.24, 2.45) is 0 Å². The number of fused-ring (bicyclic) bond motifs is 1. The fourth-order valence-electron chi connectivity index (χ4n) is 1.31. The zero-order valence-electron chi connectivity index (χ0n) is 7.62. The van der Waals surface area contributed by atoms with Crippen LogP contribution in [-0.4, -0.2) is 5.91 Å². The van der Waals surface area contributed by atoms with E-state index in [1.807, 2.05) is 12.1 Å². The maximum absolute atomic E-state index is 10.6. The van der Waals surface area contributed by atoms with Gasteiger partial charge in [-0.2, -0.15) is 0 Å². The molecule has 0 saturated carbocycles. The van der Waals surface area contributed by atoms with E-state index in [2.05, 4.69) is 30.4 Å². The molecular formula is C11H10NOS. The average molecular weight is 204 g/mol. The van der Waals surface area contributed by atoms with E-state index in [1.54, 1.807) is 11.3 Å². The van der Waals surface area contributed by atoms with Crippen LogP contribution in [0, 0.1) is 6.92 Å². The van der Waals surface area contributed by atoms with Crippen molar-refractivity contribution < 1.29 is 4.79 Å². The Labute approximate surface area is 86.6 Å². The number of benzene rings is 1. The summed E-state index contributed by atoms with van der Waals surface area (Å²) in [5.41, 5.74) is 0. The zero-order valence-corrected chi connectivity index (χ0v) is 8.43. The Hall–Kier alpha value is -1.35. The van der Waals surface area contributed by atoms with Crippen molar-refractivity contribution in [2.75, 3.05) is 0 Å². The minimum absolute atomic E-state index is 0.234. The maximum Gasteiger partial charge on any atom is 0.220 e. The summed E-state index contributed by atoms with van der Waals surface area (Å²) in [6.07, 6.45) is 0. The van der Waals surface area contributed by atoms with Crippen LogP contribution in [0.15, 0.2) is 30.3 Å². The molecule has 3 heteroatoms. The van der Waals surface area contributed by atoms with Gasteiger partial charge in [0.05, 0.1) is 6.54 Å². The van der Waals surface area contributed by atoms with Crippen LogP contribution in [-0.2, 0) is 11.3 Å². The van der Waals surface area contributed by atoms with E-state index < -0.39 is 0 Å². The second kappa shape index (κ2) is 3.80. The summed E-state index contributed by atoms with van der Waals surface area (Å²) in [5, 5.41) is 3.91. The first-order valence-corrected chi connectivity index (χ1v) is 5.14. The molecule has 14 heavy (non-hydrogen) atoms. The third-order valence-electron chi connectivity index (χ3n) is 1.94. The number of thiophene rings is 1. The molecule has 0 bridgehead atoms. The van der Waals surface area contributed by atoms with Crippen molar-refractivity contribution in [1.82, 2.24) is 5.32 Å². The summed E-state index contributed by atoms with van der Waals surface area (Å²) >= 11 is 1.70. The Morgan fingerprint density at radius 1 is 1.43 bits per heavy atom. The van der Waals surface area contributed by atoms with Gasteiger partial charge in [-0.25, -0.2) is 0 Å². The van der Waals surface area contributed by atoms with E-state index in [4.69, 9.17) is 0 Å². The normalized spacial score (nSPS) is 10.4. The molecule has 2 rings (SSSR count). The van der Waals surface area contributed by atoms with Crippen molar-refractivity contribution in [1.29, 1.82) is 0 Å². The second-order valence-corrected chi connectivity index (χ2v) is 4.20. The number of amides is 1. The van der Waals surface area contributed by atoms with E-state index in [0.29, 0.717) is 6.54 Å². The molecule has 1 aromatic carbocycles. The number of nitrogens with one attached hydrogen (secondary N) is 1. The first-order valence-electron chi connectivity index (χ1n) is 4.33. The molecule has 0 aliphatic heterocycles. The Morgan fingerprint density at radius 2 is 2.21 bits per heavy atom. The van der Waals surface area contributed by atoms with Crippen molar-refractivity contribution in [2.45, 2.75) is 6.54 Å². The molecule has 0 fully saturated rings. The average Bonchev–Trinajstić information content (AvgIpc) is 2.57. The van der Waals surface area contributed by atoms with E-state index in [9.17, 15) is 4.79 Å². The molecule has 71 valence electrons. The fraction of sp³-hybridized carbons (Fsp3) is 0.0909. The summed E-state index contributed by atoms with van der Waals surface area (Å²) < 4.78 is 1.25. The summed E-state index contributed by atoms with van der Waals surface area (Å²) in [7, 11) is 0. The molecule has 0 spiro atoms. The molecule has 1 N–H and O–H groups in total. The summed E-state index contributed by atoms with van der Waals surface area (Å²) in [6.45, 7) is 3.83. The van der Waals surface area contributed by atoms with Gasteiger partial charge in [-0.05, 0) is 17.5 Å². The first-order chi connectivity index (χ1) is 6.75. The van der Waals surface area contributed by atoms with Crippen LogP contribution in [0.5, 0.6) is 0 Å². The lowest BCUT2D eigenvalue weighted by Crippen LogP contribution is -2.18. The second-order valence-electron chi connectivity index (χ2n) is 3.03. The van der Waals surface area contributed by atoms with Crippen LogP contribution in [0.4, 0.5) is 0 Å². The zero-order chi connectivity index (χ0) is 9.97. The molecule has 1 aromatic heterocycles. The molecule has 0 atom stereocenters. The van der Waals surface area contributed by atoms with Gasteiger partial charge in [0.25, 0.3) is 0 Å². The molecule has 0 saturated heterocycles. The Bertz CT molecular complexity index is 428. The van der Waals surface area contributed by atoms with Crippen molar-refractivity contribution in [3.8, 4) is 0 Å². The van der Waals surface area contributed by atoms with Gasteiger partial charge < -0.3 is 5.32 Å². The van der Waals surface area contributed by atoms with Crippen LogP contribution in [0.25, 0.3) is 10.1 Å². The highest BCUT2D eigenvalue weighted by Gasteiger charge is 2.00. The Kier molecular flexibility index (Phi) is 2.50. The summed E-state index contributed by atoms with van der Waals surface area (Å²) in [6, 6.07) is 10.3. The molecule has 2 nitrogen and oxygen atoms in total. The van der Waals surface area contributed by atoms with Crippen molar-refractivity contribution in [3.05, 3.63) is 42.1 Å². The first kappa shape index (κ1) is 9.21. The summed E-state index contributed by atoms with van der Waals surface area (Å²) in [4.78, 5) is 11.8. The topological polar surface area (TPSA) is 29.1 Å². The van der Waals surface area contributed by atoms with E-state index in [1.165, 1.54) is 10.1 Å². The third kappa shape index (κ3) is 1.93. The van der Waals surface area contributed by atoms with Gasteiger partial charge in [-0.3, -0.25) is 4.79 Å².